The van der Waals surface area contributed by atoms with Crippen LogP contribution in [0, 0.1) is 5.92 Å². The van der Waals surface area contributed by atoms with Gasteiger partial charge in [0.2, 0.25) is 11.8 Å². The summed E-state index contributed by atoms with van der Waals surface area (Å²) in [6, 6.07) is 6.34. The second-order valence-corrected chi connectivity index (χ2v) is 7.97. The van der Waals surface area contributed by atoms with Gasteiger partial charge in [-0.15, -0.1) is 0 Å². The molecular weight excluding hydrogens is 388 g/mol. The lowest BCUT2D eigenvalue weighted by atomic mass is 10.0. The summed E-state index contributed by atoms with van der Waals surface area (Å²) in [6.45, 7) is 5.13. The maximum Gasteiger partial charge on any atom is 0.308 e. The number of hydrogen-bond acceptors (Lipinski definition) is 6. The third kappa shape index (κ3) is 6.17. The molecule has 0 aliphatic carbocycles. The largest absolute Gasteiger partial charge is 0.506 e. The summed E-state index contributed by atoms with van der Waals surface area (Å²) in [5.74, 6) is -2.19. The summed E-state index contributed by atoms with van der Waals surface area (Å²) in [4.78, 5) is 42.3. The van der Waals surface area contributed by atoms with Gasteiger partial charge in [0.15, 0.2) is 0 Å². The number of para-hydroxylation sites is 2. The van der Waals surface area contributed by atoms with Crippen molar-refractivity contribution in [1.29, 1.82) is 0 Å². The van der Waals surface area contributed by atoms with E-state index in [4.69, 9.17) is 0 Å². The van der Waals surface area contributed by atoms with Gasteiger partial charge < -0.3 is 20.4 Å². The first kappa shape index (κ1) is 22.0. The molecule has 30 heavy (non-hydrogen) atoms. The first-order chi connectivity index (χ1) is 14.4. The number of nitrogens with one attached hydrogen (secondary N) is 1. The van der Waals surface area contributed by atoms with Crippen LogP contribution in [-0.4, -0.2) is 95.1 Å². The quantitative estimate of drug-likeness (QED) is 0.532. The Bertz CT molecular complexity index is 758. The van der Waals surface area contributed by atoms with Crippen LogP contribution in [0.5, 0.6) is 5.75 Å². The highest BCUT2D eigenvalue weighted by atomic mass is 16.4. The maximum atomic E-state index is 12.3. The molecule has 1 atom stereocenters. The predicted molar refractivity (Wildman–Crippen MR) is 111 cm³/mol. The number of phenols is 1. The lowest BCUT2D eigenvalue weighted by Gasteiger charge is -2.36. The fourth-order valence-corrected chi connectivity index (χ4v) is 3.93. The van der Waals surface area contributed by atoms with Crippen LogP contribution in [0.2, 0.25) is 0 Å². The van der Waals surface area contributed by atoms with Crippen molar-refractivity contribution in [1.82, 2.24) is 14.7 Å². The molecule has 3 rings (SSSR count). The van der Waals surface area contributed by atoms with Gasteiger partial charge in [0.05, 0.1) is 18.2 Å². The van der Waals surface area contributed by atoms with Gasteiger partial charge in [-0.3, -0.25) is 24.2 Å². The highest BCUT2D eigenvalue weighted by molar-refractivity contribution is 5.94. The zero-order valence-corrected chi connectivity index (χ0v) is 17.1. The van der Waals surface area contributed by atoms with Gasteiger partial charge in [0.1, 0.15) is 5.75 Å². The Balaban J connectivity index is 1.44. The smallest absolute Gasteiger partial charge is 0.308 e. The van der Waals surface area contributed by atoms with E-state index in [2.05, 4.69) is 10.2 Å². The number of carbonyl (C=O) groups is 3. The molecule has 0 unspecified atom stereocenters. The Hall–Kier alpha value is -2.65. The van der Waals surface area contributed by atoms with Crippen molar-refractivity contribution in [2.45, 2.75) is 19.3 Å². The molecule has 0 radical (unpaired) electrons. The molecule has 0 aromatic heterocycles. The van der Waals surface area contributed by atoms with Gasteiger partial charge in [-0.2, -0.15) is 0 Å². The minimum atomic E-state index is -1.02. The van der Waals surface area contributed by atoms with Crippen LogP contribution >= 0.6 is 0 Å². The fourth-order valence-electron chi connectivity index (χ4n) is 3.93. The SMILES string of the molecule is O=C(C[C@H](CN1CCN(CC(=O)N2CCCC2)CC1)C(=O)O)Nc1ccccc1O. The molecular formula is C21H30N4O5. The van der Waals surface area contributed by atoms with Crippen molar-refractivity contribution in [2.75, 3.05) is 57.7 Å². The molecule has 9 heteroatoms. The van der Waals surface area contributed by atoms with E-state index >= 15 is 0 Å². The van der Waals surface area contributed by atoms with Crippen molar-refractivity contribution in [3.8, 4) is 5.75 Å². The number of rotatable bonds is 8. The average Bonchev–Trinajstić information content (AvgIpc) is 3.25. The zero-order chi connectivity index (χ0) is 21.5. The molecule has 1 aromatic rings. The summed E-state index contributed by atoms with van der Waals surface area (Å²) in [5, 5.41) is 21.9. The monoisotopic (exact) mass is 418 g/mol. The molecule has 2 aliphatic rings. The van der Waals surface area contributed by atoms with Crippen LogP contribution in [0.4, 0.5) is 5.69 Å². The summed E-state index contributed by atoms with van der Waals surface area (Å²) in [6.07, 6.45) is 1.98. The number of nitrogens with zero attached hydrogens (tertiary/aromatic N) is 3. The number of likely N-dealkylation sites (tertiary alicyclic amines) is 1. The van der Waals surface area contributed by atoms with Crippen molar-refractivity contribution in [3.63, 3.8) is 0 Å². The van der Waals surface area contributed by atoms with E-state index < -0.39 is 17.8 Å². The van der Waals surface area contributed by atoms with Gasteiger partial charge in [-0.05, 0) is 25.0 Å². The van der Waals surface area contributed by atoms with E-state index in [1.807, 2.05) is 9.80 Å². The van der Waals surface area contributed by atoms with E-state index in [9.17, 15) is 24.6 Å². The molecule has 2 fully saturated rings. The van der Waals surface area contributed by atoms with Gasteiger partial charge >= 0.3 is 5.97 Å². The minimum Gasteiger partial charge on any atom is -0.506 e. The predicted octanol–water partition coefficient (Wildman–Crippen LogP) is 0.662. The maximum absolute atomic E-state index is 12.3. The summed E-state index contributed by atoms with van der Waals surface area (Å²) in [5.41, 5.74) is 0.267. The number of phenolic OH excluding ortho intramolecular Hbond substituents is 1. The zero-order valence-electron chi connectivity index (χ0n) is 17.1. The molecule has 0 spiro atoms. The number of amides is 2. The molecule has 0 saturated carbocycles. The van der Waals surface area contributed by atoms with Crippen LogP contribution in [0.25, 0.3) is 0 Å². The molecule has 2 aliphatic heterocycles. The number of piperazine rings is 1. The Morgan fingerprint density at radius 1 is 0.967 bits per heavy atom. The Morgan fingerprint density at radius 3 is 2.23 bits per heavy atom. The van der Waals surface area contributed by atoms with Crippen molar-refractivity contribution in [3.05, 3.63) is 24.3 Å². The molecule has 1 aromatic carbocycles. The summed E-state index contributed by atoms with van der Waals surface area (Å²) in [7, 11) is 0. The molecule has 2 saturated heterocycles. The van der Waals surface area contributed by atoms with E-state index in [-0.39, 0.29) is 30.3 Å². The number of carboxylic acid groups (broad SMARTS) is 1. The third-order valence-electron chi connectivity index (χ3n) is 5.72. The minimum absolute atomic E-state index is 0.0580. The highest BCUT2D eigenvalue weighted by Gasteiger charge is 2.28. The van der Waals surface area contributed by atoms with Crippen LogP contribution in [-0.2, 0) is 14.4 Å². The lowest BCUT2D eigenvalue weighted by Crippen LogP contribution is -2.51. The Morgan fingerprint density at radius 2 is 1.60 bits per heavy atom. The standard InChI is InChI=1S/C21H30N4O5/c26-18-6-2-1-5-17(18)22-19(27)13-16(21(29)30)14-23-9-11-24(12-10-23)15-20(28)25-7-3-4-8-25/h1-2,5-6,16,26H,3-4,7-15H2,(H,22,27)(H,29,30)/t16-/m1/s1. The van der Waals surface area contributed by atoms with Crippen LogP contribution < -0.4 is 5.32 Å². The Kier molecular flexibility index (Phi) is 7.64. The van der Waals surface area contributed by atoms with Crippen LogP contribution in [0.3, 0.4) is 0 Å². The number of aromatic hydroxyl groups is 1. The molecule has 3 N–H and O–H groups in total. The first-order valence-electron chi connectivity index (χ1n) is 10.5. The average molecular weight is 418 g/mol. The number of carbonyl (C=O) groups excluding carboxylic acids is 2. The number of hydrogen-bond donors (Lipinski definition) is 3. The topological polar surface area (TPSA) is 113 Å². The fraction of sp³-hybridized carbons (Fsp3) is 0.571. The number of benzene rings is 1. The van der Waals surface area contributed by atoms with Crippen molar-refractivity contribution < 1.29 is 24.6 Å². The van der Waals surface area contributed by atoms with Gasteiger partial charge in [-0.25, -0.2) is 0 Å². The first-order valence-corrected chi connectivity index (χ1v) is 10.5. The number of carboxylic acids is 1. The number of anilines is 1. The van der Waals surface area contributed by atoms with E-state index in [0.29, 0.717) is 32.7 Å². The molecule has 2 amide bonds. The van der Waals surface area contributed by atoms with Gasteiger partial charge in [0.25, 0.3) is 0 Å². The van der Waals surface area contributed by atoms with E-state index in [1.54, 1.807) is 18.2 Å². The van der Waals surface area contributed by atoms with Crippen LogP contribution in [0.1, 0.15) is 19.3 Å². The Labute approximate surface area is 176 Å². The summed E-state index contributed by atoms with van der Waals surface area (Å²) >= 11 is 0. The van der Waals surface area contributed by atoms with Gasteiger partial charge in [-0.1, -0.05) is 12.1 Å². The van der Waals surface area contributed by atoms with E-state index in [0.717, 1.165) is 25.9 Å². The van der Waals surface area contributed by atoms with Gasteiger partial charge in [0, 0.05) is 52.2 Å². The highest BCUT2D eigenvalue weighted by Crippen LogP contribution is 2.22. The molecule has 0 bridgehead atoms. The van der Waals surface area contributed by atoms with Crippen molar-refractivity contribution >= 4 is 23.5 Å². The number of aliphatic carboxylic acids is 1. The second-order valence-electron chi connectivity index (χ2n) is 7.97. The third-order valence-corrected chi connectivity index (χ3v) is 5.72. The lowest BCUT2D eigenvalue weighted by molar-refractivity contribution is -0.144. The summed E-state index contributed by atoms with van der Waals surface area (Å²) < 4.78 is 0. The molecule has 164 valence electrons. The molecule has 9 nitrogen and oxygen atoms in total. The molecule has 2 heterocycles. The normalized spacial score (nSPS) is 18.9. The second kappa shape index (κ2) is 10.4. The van der Waals surface area contributed by atoms with Crippen LogP contribution in [0.15, 0.2) is 24.3 Å². The van der Waals surface area contributed by atoms with E-state index in [1.165, 1.54) is 6.07 Å². The van der Waals surface area contributed by atoms with Crippen molar-refractivity contribution in [2.24, 2.45) is 5.92 Å².